The van der Waals surface area contributed by atoms with Crippen LogP contribution in [-0.2, 0) is 4.79 Å². The van der Waals surface area contributed by atoms with E-state index < -0.39 is 5.60 Å². The van der Waals surface area contributed by atoms with Crippen LogP contribution < -0.4 is 0 Å². The van der Waals surface area contributed by atoms with E-state index in [9.17, 15) is 9.90 Å². The molecule has 94 valence electrons. The highest BCUT2D eigenvalue weighted by molar-refractivity contribution is 5.75. The van der Waals surface area contributed by atoms with Gasteiger partial charge in [0.2, 0.25) is 0 Å². The Labute approximate surface area is 99.4 Å². The first-order valence-electron chi connectivity index (χ1n) is 6.52. The van der Waals surface area contributed by atoms with Crippen LogP contribution in [-0.4, -0.2) is 16.5 Å². The molecule has 0 aromatic heterocycles. The summed E-state index contributed by atoms with van der Waals surface area (Å²) in [6.07, 6.45) is 5.14. The Balaban J connectivity index is 2.43. The largest absolute Gasteiger partial charge is 0.390 e. The maximum atomic E-state index is 11.0. The molecule has 2 heteroatoms. The second-order valence-electron chi connectivity index (χ2n) is 6.14. The van der Waals surface area contributed by atoms with Crippen molar-refractivity contribution in [3.05, 3.63) is 0 Å². The van der Waals surface area contributed by atoms with Gasteiger partial charge in [-0.15, -0.1) is 0 Å². The molecule has 0 aliphatic heterocycles. The lowest BCUT2D eigenvalue weighted by Crippen LogP contribution is -2.37. The predicted molar refractivity (Wildman–Crippen MR) is 66.2 cm³/mol. The van der Waals surface area contributed by atoms with Gasteiger partial charge in [0, 0.05) is 6.42 Å². The number of rotatable bonds is 4. The summed E-state index contributed by atoms with van der Waals surface area (Å²) in [4.78, 5) is 11.0. The third-order valence-electron chi connectivity index (χ3n) is 4.21. The summed E-state index contributed by atoms with van der Waals surface area (Å²) < 4.78 is 0. The molecule has 1 saturated carbocycles. The maximum Gasteiger partial charge on any atom is 0.129 e. The van der Waals surface area contributed by atoms with E-state index in [0.29, 0.717) is 23.5 Å². The fourth-order valence-corrected chi connectivity index (χ4v) is 2.92. The Kier molecular flexibility index (Phi) is 4.54. The molecule has 0 aromatic carbocycles. The van der Waals surface area contributed by atoms with Crippen molar-refractivity contribution in [2.24, 2.45) is 17.8 Å². The molecule has 1 fully saturated rings. The fraction of sp³-hybridized carbons (Fsp3) is 0.929. The van der Waals surface area contributed by atoms with E-state index in [1.54, 1.807) is 6.92 Å². The van der Waals surface area contributed by atoms with Gasteiger partial charge in [-0.3, -0.25) is 0 Å². The van der Waals surface area contributed by atoms with Gasteiger partial charge in [0.25, 0.3) is 0 Å². The van der Waals surface area contributed by atoms with E-state index in [0.717, 1.165) is 25.7 Å². The molecule has 1 N–H and O–H groups in total. The minimum atomic E-state index is -0.542. The summed E-state index contributed by atoms with van der Waals surface area (Å²) in [5, 5.41) is 10.0. The van der Waals surface area contributed by atoms with Crippen molar-refractivity contribution in [2.45, 2.75) is 65.4 Å². The lowest BCUT2D eigenvalue weighted by molar-refractivity contribution is -0.117. The summed E-state index contributed by atoms with van der Waals surface area (Å²) in [5.74, 6) is 2.06. The Bertz CT molecular complexity index is 240. The smallest absolute Gasteiger partial charge is 0.129 e. The van der Waals surface area contributed by atoms with E-state index in [1.165, 1.54) is 6.42 Å². The highest BCUT2D eigenvalue weighted by atomic mass is 16.3. The molecule has 1 rings (SSSR count). The summed E-state index contributed by atoms with van der Waals surface area (Å²) in [6, 6.07) is 0. The van der Waals surface area contributed by atoms with Gasteiger partial charge in [-0.25, -0.2) is 0 Å². The molecular weight excluding hydrogens is 200 g/mol. The minimum absolute atomic E-state index is 0.303. The second-order valence-corrected chi connectivity index (χ2v) is 6.14. The predicted octanol–water partition coefficient (Wildman–Crippen LogP) is 3.18. The van der Waals surface area contributed by atoms with E-state index >= 15 is 0 Å². The molecule has 3 atom stereocenters. The molecule has 0 amide bonds. The van der Waals surface area contributed by atoms with Crippen LogP contribution in [0.15, 0.2) is 0 Å². The van der Waals surface area contributed by atoms with Crippen LogP contribution >= 0.6 is 0 Å². The van der Waals surface area contributed by atoms with Gasteiger partial charge in [0.15, 0.2) is 0 Å². The summed E-state index contributed by atoms with van der Waals surface area (Å²) in [6.45, 7) is 7.77. The van der Waals surface area contributed by atoms with Crippen molar-refractivity contribution in [1.82, 2.24) is 0 Å². The van der Waals surface area contributed by atoms with Crippen molar-refractivity contribution in [1.29, 1.82) is 0 Å². The number of Topliss-reactive ketones (excluding diaryl/α,β-unsaturated/α-hetero) is 1. The average Bonchev–Trinajstić information content (AvgIpc) is 2.14. The molecule has 3 unspecified atom stereocenters. The molecule has 0 aromatic rings. The Morgan fingerprint density at radius 1 is 1.38 bits per heavy atom. The lowest BCUT2D eigenvalue weighted by atomic mass is 9.68. The molecule has 0 saturated heterocycles. The molecule has 0 spiro atoms. The van der Waals surface area contributed by atoms with E-state index in [-0.39, 0.29) is 0 Å². The quantitative estimate of drug-likeness (QED) is 0.799. The van der Waals surface area contributed by atoms with E-state index in [2.05, 4.69) is 6.92 Å². The van der Waals surface area contributed by atoms with Crippen molar-refractivity contribution < 1.29 is 9.90 Å². The number of carbonyl (C=O) groups excluding carboxylic acids is 1. The van der Waals surface area contributed by atoms with Crippen LogP contribution in [0.1, 0.15) is 59.8 Å². The van der Waals surface area contributed by atoms with Crippen LogP contribution in [0.2, 0.25) is 0 Å². The van der Waals surface area contributed by atoms with E-state index in [1.807, 2.05) is 13.8 Å². The minimum Gasteiger partial charge on any atom is -0.390 e. The molecule has 0 radical (unpaired) electrons. The number of hydrogen-bond donors (Lipinski definition) is 1. The van der Waals surface area contributed by atoms with Crippen LogP contribution in [0.3, 0.4) is 0 Å². The topological polar surface area (TPSA) is 37.3 Å². The van der Waals surface area contributed by atoms with Crippen molar-refractivity contribution in [3.8, 4) is 0 Å². The Morgan fingerprint density at radius 3 is 2.44 bits per heavy atom. The molecule has 2 nitrogen and oxygen atoms in total. The van der Waals surface area contributed by atoms with Gasteiger partial charge in [0.05, 0.1) is 5.60 Å². The van der Waals surface area contributed by atoms with Gasteiger partial charge in [-0.1, -0.05) is 6.92 Å². The molecule has 0 heterocycles. The summed E-state index contributed by atoms with van der Waals surface area (Å²) in [5.41, 5.74) is -0.542. The molecule has 1 aliphatic rings. The van der Waals surface area contributed by atoms with Gasteiger partial charge in [-0.2, -0.15) is 0 Å². The summed E-state index contributed by atoms with van der Waals surface area (Å²) in [7, 11) is 0. The van der Waals surface area contributed by atoms with Gasteiger partial charge in [0.1, 0.15) is 5.78 Å². The van der Waals surface area contributed by atoms with Crippen LogP contribution in [0.4, 0.5) is 0 Å². The SMILES string of the molecule is CC(=O)CCC1CCC(C(C)(C)O)CC1C. The van der Waals surface area contributed by atoms with Gasteiger partial charge < -0.3 is 9.90 Å². The molecule has 16 heavy (non-hydrogen) atoms. The van der Waals surface area contributed by atoms with Crippen LogP contribution in [0.25, 0.3) is 0 Å². The first kappa shape index (κ1) is 13.7. The second kappa shape index (κ2) is 5.31. The monoisotopic (exact) mass is 226 g/mol. The third kappa shape index (κ3) is 3.89. The Morgan fingerprint density at radius 2 is 2.00 bits per heavy atom. The highest BCUT2D eigenvalue weighted by Gasteiger charge is 2.34. The zero-order valence-corrected chi connectivity index (χ0v) is 11.1. The molecule has 1 aliphatic carbocycles. The highest BCUT2D eigenvalue weighted by Crippen LogP contribution is 2.40. The molecule has 0 bridgehead atoms. The number of hydrogen-bond acceptors (Lipinski definition) is 2. The zero-order chi connectivity index (χ0) is 12.3. The van der Waals surface area contributed by atoms with Gasteiger partial charge in [-0.05, 0) is 64.2 Å². The molecular formula is C14H26O2. The first-order chi connectivity index (χ1) is 7.30. The maximum absolute atomic E-state index is 11.0. The summed E-state index contributed by atoms with van der Waals surface area (Å²) >= 11 is 0. The standard InChI is InChI=1S/C14H26O2/c1-10-9-13(14(3,4)16)8-7-12(10)6-5-11(2)15/h10,12-13,16H,5-9H2,1-4H3. The average molecular weight is 226 g/mol. The zero-order valence-electron chi connectivity index (χ0n) is 11.1. The van der Waals surface area contributed by atoms with Crippen LogP contribution in [0.5, 0.6) is 0 Å². The van der Waals surface area contributed by atoms with Gasteiger partial charge >= 0.3 is 0 Å². The third-order valence-corrected chi connectivity index (χ3v) is 4.21. The van der Waals surface area contributed by atoms with Crippen molar-refractivity contribution in [3.63, 3.8) is 0 Å². The van der Waals surface area contributed by atoms with Crippen molar-refractivity contribution in [2.75, 3.05) is 0 Å². The number of carbonyl (C=O) groups is 1. The normalized spacial score (nSPS) is 31.4. The fourth-order valence-electron chi connectivity index (χ4n) is 2.92. The van der Waals surface area contributed by atoms with Crippen molar-refractivity contribution >= 4 is 5.78 Å². The lowest BCUT2D eigenvalue weighted by Gasteiger charge is -2.39. The number of ketones is 1. The first-order valence-corrected chi connectivity index (χ1v) is 6.52. The van der Waals surface area contributed by atoms with Crippen LogP contribution in [0, 0.1) is 17.8 Å². The Hall–Kier alpha value is -0.370. The van der Waals surface area contributed by atoms with E-state index in [4.69, 9.17) is 0 Å². The number of aliphatic hydroxyl groups is 1.